The number of carboxylic acids is 1. The summed E-state index contributed by atoms with van der Waals surface area (Å²) in [5.41, 5.74) is -0.316. The predicted molar refractivity (Wildman–Crippen MR) is 68.6 cm³/mol. The van der Waals surface area contributed by atoms with Gasteiger partial charge in [-0.15, -0.1) is 0 Å². The number of allylic oxidation sites excluding steroid dienone is 2. The Labute approximate surface area is 116 Å². The van der Waals surface area contributed by atoms with Crippen LogP contribution in [0, 0.1) is 34.0 Å². The lowest BCUT2D eigenvalue weighted by Crippen LogP contribution is -2.03. The highest BCUT2D eigenvalue weighted by Crippen LogP contribution is 2.22. The number of benzene rings is 1. The first-order valence-electron chi connectivity index (χ1n) is 4.78. The summed E-state index contributed by atoms with van der Waals surface area (Å²) in [6.07, 6.45) is 0. The molecule has 0 heterocycles. The van der Waals surface area contributed by atoms with Crippen LogP contribution >= 0.6 is 15.9 Å². The van der Waals surface area contributed by atoms with E-state index in [1.807, 2.05) is 0 Å². The van der Waals surface area contributed by atoms with Crippen LogP contribution < -0.4 is 5.32 Å². The fourth-order valence-corrected chi connectivity index (χ4v) is 1.61. The predicted octanol–water partition coefficient (Wildman–Crippen LogP) is 2.38. The summed E-state index contributed by atoms with van der Waals surface area (Å²) in [6.45, 7) is 0. The van der Waals surface area contributed by atoms with E-state index in [4.69, 9.17) is 20.9 Å². The number of hydrogen-bond donors (Lipinski definition) is 2. The summed E-state index contributed by atoms with van der Waals surface area (Å²) in [4.78, 5) is 10.9. The molecule has 0 fully saturated rings. The van der Waals surface area contributed by atoms with E-state index in [-0.39, 0.29) is 16.8 Å². The molecule has 7 heteroatoms. The zero-order chi connectivity index (χ0) is 14.4. The first-order chi connectivity index (χ1) is 9.03. The largest absolute Gasteiger partial charge is 0.478 e. The monoisotopic (exact) mass is 316 g/mol. The second-order valence-electron chi connectivity index (χ2n) is 3.21. The Bertz CT molecular complexity index is 673. The van der Waals surface area contributed by atoms with E-state index in [0.717, 1.165) is 0 Å². The summed E-state index contributed by atoms with van der Waals surface area (Å²) < 4.78 is 0.383. The second kappa shape index (κ2) is 6.20. The van der Waals surface area contributed by atoms with Gasteiger partial charge in [-0.05, 0) is 34.1 Å². The molecular formula is C12H5BrN4O2. The first-order valence-corrected chi connectivity index (χ1v) is 5.57. The van der Waals surface area contributed by atoms with Gasteiger partial charge in [-0.25, -0.2) is 4.79 Å². The van der Waals surface area contributed by atoms with E-state index in [0.29, 0.717) is 10.2 Å². The number of rotatable bonds is 3. The molecule has 0 unspecified atom stereocenters. The molecule has 1 rings (SSSR count). The van der Waals surface area contributed by atoms with Crippen LogP contribution in [-0.2, 0) is 0 Å². The first kappa shape index (κ1) is 14.2. The van der Waals surface area contributed by atoms with Crippen molar-refractivity contribution >= 4 is 27.6 Å². The molecule has 0 saturated carbocycles. The molecule has 0 aliphatic carbocycles. The maximum atomic E-state index is 10.9. The van der Waals surface area contributed by atoms with Gasteiger partial charge in [-0.2, -0.15) is 15.8 Å². The van der Waals surface area contributed by atoms with Gasteiger partial charge in [0.05, 0.1) is 5.56 Å². The molecule has 0 aliphatic rings. The minimum absolute atomic E-state index is 0.00208. The molecule has 0 radical (unpaired) electrons. The van der Waals surface area contributed by atoms with E-state index in [2.05, 4.69) is 21.2 Å². The normalized spacial score (nSPS) is 8.53. The second-order valence-corrected chi connectivity index (χ2v) is 4.06. The Kier molecular flexibility index (Phi) is 4.65. The fourth-order valence-electron chi connectivity index (χ4n) is 1.19. The van der Waals surface area contributed by atoms with Crippen molar-refractivity contribution in [1.29, 1.82) is 15.8 Å². The zero-order valence-electron chi connectivity index (χ0n) is 9.31. The third-order valence-corrected chi connectivity index (χ3v) is 2.74. The van der Waals surface area contributed by atoms with Gasteiger partial charge in [0.2, 0.25) is 0 Å². The fraction of sp³-hybridized carbons (Fsp3) is 0. The van der Waals surface area contributed by atoms with Gasteiger partial charge in [-0.1, -0.05) is 0 Å². The molecule has 92 valence electrons. The minimum Gasteiger partial charge on any atom is -0.478 e. The van der Waals surface area contributed by atoms with Gasteiger partial charge in [-0.3, -0.25) is 0 Å². The average molecular weight is 317 g/mol. The molecule has 1 aromatic rings. The van der Waals surface area contributed by atoms with Crippen LogP contribution in [0.4, 0.5) is 5.69 Å². The number of carboxylic acid groups (broad SMARTS) is 1. The number of hydrogen-bond acceptors (Lipinski definition) is 5. The van der Waals surface area contributed by atoms with Crippen molar-refractivity contribution in [2.24, 2.45) is 0 Å². The molecule has 0 aliphatic heterocycles. The number of aromatic carboxylic acids is 1. The lowest BCUT2D eigenvalue weighted by atomic mass is 10.2. The van der Waals surface area contributed by atoms with Crippen molar-refractivity contribution in [3.8, 4) is 18.2 Å². The third-order valence-electron chi connectivity index (χ3n) is 2.05. The zero-order valence-corrected chi connectivity index (χ0v) is 10.9. The van der Waals surface area contributed by atoms with Crippen LogP contribution in [0.2, 0.25) is 0 Å². The van der Waals surface area contributed by atoms with E-state index in [1.165, 1.54) is 18.2 Å². The highest BCUT2D eigenvalue weighted by molar-refractivity contribution is 9.10. The van der Waals surface area contributed by atoms with E-state index < -0.39 is 5.97 Å². The highest BCUT2D eigenvalue weighted by Gasteiger charge is 2.11. The van der Waals surface area contributed by atoms with Crippen LogP contribution in [0.3, 0.4) is 0 Å². The SMILES string of the molecule is N#CC(C#N)=C(C#N)Nc1ccc(Br)c(C(=O)O)c1. The Morgan fingerprint density at radius 3 is 2.32 bits per heavy atom. The number of nitrogens with one attached hydrogen (secondary N) is 1. The Morgan fingerprint density at radius 2 is 1.84 bits per heavy atom. The minimum atomic E-state index is -1.14. The standard InChI is InChI=1S/C12H5BrN4O2/c13-10-2-1-8(3-9(10)12(18)19)17-11(6-16)7(4-14)5-15/h1-3,17H,(H,18,19). The van der Waals surface area contributed by atoms with Gasteiger partial charge >= 0.3 is 5.97 Å². The summed E-state index contributed by atoms with van der Waals surface area (Å²) >= 11 is 3.08. The van der Waals surface area contributed by atoms with Crippen molar-refractivity contribution in [3.63, 3.8) is 0 Å². The molecular weight excluding hydrogens is 312 g/mol. The van der Waals surface area contributed by atoms with Crippen molar-refractivity contribution in [1.82, 2.24) is 0 Å². The van der Waals surface area contributed by atoms with E-state index >= 15 is 0 Å². The Hall–Kier alpha value is -2.82. The lowest BCUT2D eigenvalue weighted by Gasteiger charge is -2.06. The van der Waals surface area contributed by atoms with Crippen LogP contribution in [0.15, 0.2) is 33.9 Å². The smallest absolute Gasteiger partial charge is 0.336 e. The molecule has 0 amide bonds. The number of carbonyl (C=O) groups is 1. The summed E-state index contributed by atoms with van der Waals surface area (Å²) in [5.74, 6) is -1.14. The average Bonchev–Trinajstić information content (AvgIpc) is 2.40. The van der Waals surface area contributed by atoms with E-state index in [1.54, 1.807) is 18.2 Å². The summed E-state index contributed by atoms with van der Waals surface area (Å²) in [5, 5.41) is 37.7. The summed E-state index contributed by atoms with van der Waals surface area (Å²) in [7, 11) is 0. The Morgan fingerprint density at radius 1 is 1.21 bits per heavy atom. The number of halogens is 1. The molecule has 2 N–H and O–H groups in total. The van der Waals surface area contributed by atoms with Crippen LogP contribution in [0.25, 0.3) is 0 Å². The van der Waals surface area contributed by atoms with Crippen molar-refractivity contribution in [2.75, 3.05) is 5.32 Å². The lowest BCUT2D eigenvalue weighted by molar-refractivity contribution is 0.0696. The molecule has 6 nitrogen and oxygen atoms in total. The van der Waals surface area contributed by atoms with Crippen LogP contribution in [-0.4, -0.2) is 11.1 Å². The van der Waals surface area contributed by atoms with Gasteiger partial charge in [0, 0.05) is 10.2 Å². The van der Waals surface area contributed by atoms with Crippen molar-refractivity contribution < 1.29 is 9.90 Å². The highest BCUT2D eigenvalue weighted by atomic mass is 79.9. The van der Waals surface area contributed by atoms with Gasteiger partial charge in [0.1, 0.15) is 23.9 Å². The Balaban J connectivity index is 3.22. The maximum Gasteiger partial charge on any atom is 0.336 e. The quantitative estimate of drug-likeness (QED) is 0.826. The number of anilines is 1. The molecule has 0 atom stereocenters. The third kappa shape index (κ3) is 3.32. The van der Waals surface area contributed by atoms with Crippen LogP contribution in [0.5, 0.6) is 0 Å². The topological polar surface area (TPSA) is 121 Å². The molecule has 0 saturated heterocycles. The summed E-state index contributed by atoms with van der Waals surface area (Å²) in [6, 6.07) is 9.13. The van der Waals surface area contributed by atoms with Crippen molar-refractivity contribution in [3.05, 3.63) is 39.5 Å². The van der Waals surface area contributed by atoms with Gasteiger partial charge in [0.25, 0.3) is 0 Å². The van der Waals surface area contributed by atoms with E-state index in [9.17, 15) is 4.79 Å². The van der Waals surface area contributed by atoms with Gasteiger partial charge < -0.3 is 10.4 Å². The molecule has 0 aromatic heterocycles. The molecule has 1 aromatic carbocycles. The number of nitrogens with zero attached hydrogens (tertiary/aromatic N) is 3. The van der Waals surface area contributed by atoms with Crippen LogP contribution in [0.1, 0.15) is 10.4 Å². The molecule has 0 bridgehead atoms. The molecule has 0 spiro atoms. The van der Waals surface area contributed by atoms with Gasteiger partial charge in [0.15, 0.2) is 5.57 Å². The maximum absolute atomic E-state index is 10.9. The number of nitriles is 3. The van der Waals surface area contributed by atoms with Crippen molar-refractivity contribution in [2.45, 2.75) is 0 Å². The molecule has 19 heavy (non-hydrogen) atoms.